The van der Waals surface area contributed by atoms with E-state index in [4.69, 9.17) is 0 Å². The Morgan fingerprint density at radius 3 is 2.29 bits per heavy atom. The van der Waals surface area contributed by atoms with Crippen LogP contribution in [0.15, 0.2) is 16.9 Å². The van der Waals surface area contributed by atoms with Crippen LogP contribution < -0.4 is 5.56 Å². The summed E-state index contributed by atoms with van der Waals surface area (Å²) in [6.07, 6.45) is 13.5. The zero-order valence-electron chi connectivity index (χ0n) is 17.1. The number of nitrogens with zero attached hydrogens (tertiary/aromatic N) is 2. The molecular formula is C24H34N2O2. The minimum atomic E-state index is 0.163. The monoisotopic (exact) mass is 382 g/mol. The second-order valence-electron chi connectivity index (χ2n) is 9.83. The van der Waals surface area contributed by atoms with Crippen molar-refractivity contribution in [2.45, 2.75) is 89.0 Å². The minimum Gasteiger partial charge on any atom is -0.341 e. The van der Waals surface area contributed by atoms with Crippen LogP contribution in [0.3, 0.4) is 0 Å². The fourth-order valence-electron chi connectivity index (χ4n) is 6.59. The maximum atomic E-state index is 13.2. The summed E-state index contributed by atoms with van der Waals surface area (Å²) in [6, 6.07) is 3.94. The van der Waals surface area contributed by atoms with E-state index in [-0.39, 0.29) is 11.5 Å². The van der Waals surface area contributed by atoms with Crippen LogP contribution in [0, 0.1) is 11.8 Å². The average Bonchev–Trinajstić information content (AvgIpc) is 2.75. The maximum absolute atomic E-state index is 13.2. The number of aromatic nitrogens is 1. The third-order valence-corrected chi connectivity index (χ3v) is 7.93. The van der Waals surface area contributed by atoms with E-state index in [1.165, 1.54) is 62.6 Å². The molecule has 0 N–H and O–H groups in total. The second-order valence-corrected chi connectivity index (χ2v) is 9.83. The summed E-state index contributed by atoms with van der Waals surface area (Å²) in [7, 11) is 0. The summed E-state index contributed by atoms with van der Waals surface area (Å²) in [5.41, 5.74) is 2.88. The van der Waals surface area contributed by atoms with Gasteiger partial charge in [-0.1, -0.05) is 44.6 Å². The zero-order valence-corrected chi connectivity index (χ0v) is 17.1. The van der Waals surface area contributed by atoms with Crippen LogP contribution in [0.25, 0.3) is 0 Å². The molecule has 2 saturated carbocycles. The number of hydrogen-bond acceptors (Lipinski definition) is 2. The number of pyridine rings is 1. The molecule has 2 bridgehead atoms. The number of rotatable bonds is 2. The van der Waals surface area contributed by atoms with Crippen molar-refractivity contribution in [1.82, 2.24) is 9.47 Å². The van der Waals surface area contributed by atoms with Crippen molar-refractivity contribution in [1.29, 1.82) is 0 Å². The SMILES string of the molecule is O=C(C1CCCCC1)N1C[C@@H]2C[C@@H](C1)c1c(C3CCCCC3)ccc(=O)n1C2. The van der Waals surface area contributed by atoms with E-state index in [0.717, 1.165) is 38.9 Å². The van der Waals surface area contributed by atoms with E-state index in [1.54, 1.807) is 6.07 Å². The molecular weight excluding hydrogens is 348 g/mol. The third kappa shape index (κ3) is 3.33. The third-order valence-electron chi connectivity index (χ3n) is 7.93. The van der Waals surface area contributed by atoms with Gasteiger partial charge in [-0.25, -0.2) is 0 Å². The quantitative estimate of drug-likeness (QED) is 0.760. The minimum absolute atomic E-state index is 0.163. The van der Waals surface area contributed by atoms with Gasteiger partial charge in [-0.2, -0.15) is 0 Å². The molecule has 28 heavy (non-hydrogen) atoms. The van der Waals surface area contributed by atoms with Gasteiger partial charge in [-0.05, 0) is 49.5 Å². The topological polar surface area (TPSA) is 42.3 Å². The van der Waals surface area contributed by atoms with Crippen LogP contribution in [-0.4, -0.2) is 28.5 Å². The lowest BCUT2D eigenvalue weighted by atomic mass is 9.76. The van der Waals surface area contributed by atoms with E-state index in [1.807, 2.05) is 0 Å². The molecule has 0 radical (unpaired) electrons. The summed E-state index contributed by atoms with van der Waals surface area (Å²) in [6.45, 7) is 2.49. The van der Waals surface area contributed by atoms with Gasteiger partial charge in [0.25, 0.3) is 5.56 Å². The van der Waals surface area contributed by atoms with Crippen LogP contribution in [-0.2, 0) is 11.3 Å². The largest absolute Gasteiger partial charge is 0.341 e. The van der Waals surface area contributed by atoms with Gasteiger partial charge in [0.15, 0.2) is 0 Å². The van der Waals surface area contributed by atoms with Gasteiger partial charge in [0.05, 0.1) is 0 Å². The Morgan fingerprint density at radius 2 is 1.54 bits per heavy atom. The number of fused-ring (bicyclic) bond motifs is 4. The van der Waals surface area contributed by atoms with Gasteiger partial charge >= 0.3 is 0 Å². The molecule has 4 aliphatic rings. The Balaban J connectivity index is 1.44. The van der Waals surface area contributed by atoms with Crippen LogP contribution in [0.1, 0.15) is 93.7 Å². The maximum Gasteiger partial charge on any atom is 0.250 e. The number of carbonyl (C=O) groups excluding carboxylic acids is 1. The molecule has 152 valence electrons. The lowest BCUT2D eigenvalue weighted by Gasteiger charge is -2.45. The molecule has 1 aromatic rings. The number of amides is 1. The summed E-state index contributed by atoms with van der Waals surface area (Å²) in [4.78, 5) is 28.1. The Morgan fingerprint density at radius 1 is 0.821 bits per heavy atom. The molecule has 1 aromatic heterocycles. The predicted octanol–water partition coefficient (Wildman–Crippen LogP) is 4.42. The van der Waals surface area contributed by atoms with Crippen LogP contribution >= 0.6 is 0 Å². The van der Waals surface area contributed by atoms with Crippen molar-refractivity contribution in [2.75, 3.05) is 13.1 Å². The Bertz CT molecular complexity index is 786. The highest BCUT2D eigenvalue weighted by molar-refractivity contribution is 5.79. The Kier molecular flexibility index (Phi) is 5.06. The molecule has 4 heteroatoms. The molecule has 3 heterocycles. The number of hydrogen-bond donors (Lipinski definition) is 0. The van der Waals surface area contributed by atoms with E-state index in [0.29, 0.717) is 23.7 Å². The average molecular weight is 383 g/mol. The van der Waals surface area contributed by atoms with Gasteiger partial charge < -0.3 is 9.47 Å². The van der Waals surface area contributed by atoms with Gasteiger partial charge in [0.1, 0.15) is 0 Å². The predicted molar refractivity (Wildman–Crippen MR) is 111 cm³/mol. The van der Waals surface area contributed by atoms with E-state index in [9.17, 15) is 9.59 Å². The fraction of sp³-hybridized carbons (Fsp3) is 0.750. The Labute approximate surface area is 168 Å². The highest BCUT2D eigenvalue weighted by atomic mass is 16.2. The normalized spacial score (nSPS) is 28.8. The summed E-state index contributed by atoms with van der Waals surface area (Å²) >= 11 is 0. The van der Waals surface area contributed by atoms with Gasteiger partial charge in [0, 0.05) is 43.2 Å². The highest BCUT2D eigenvalue weighted by Crippen LogP contribution is 2.42. The summed E-state index contributed by atoms with van der Waals surface area (Å²) < 4.78 is 2.09. The summed E-state index contributed by atoms with van der Waals surface area (Å²) in [5.74, 6) is 2.06. The lowest BCUT2D eigenvalue weighted by molar-refractivity contribution is -0.139. The molecule has 2 atom stereocenters. The van der Waals surface area contributed by atoms with E-state index < -0.39 is 0 Å². The number of piperidine rings is 1. The molecule has 3 fully saturated rings. The molecule has 4 nitrogen and oxygen atoms in total. The van der Waals surface area contributed by atoms with Crippen molar-refractivity contribution in [3.63, 3.8) is 0 Å². The second kappa shape index (κ2) is 7.68. The van der Waals surface area contributed by atoms with E-state index in [2.05, 4.69) is 15.5 Å². The first-order valence-electron chi connectivity index (χ1n) is 11.7. The first-order valence-corrected chi connectivity index (χ1v) is 11.7. The lowest BCUT2D eigenvalue weighted by Crippen LogP contribution is -2.51. The van der Waals surface area contributed by atoms with Crippen LogP contribution in [0.5, 0.6) is 0 Å². The molecule has 0 unspecified atom stereocenters. The molecule has 1 amide bonds. The molecule has 0 spiro atoms. The zero-order chi connectivity index (χ0) is 19.1. The van der Waals surface area contributed by atoms with Crippen molar-refractivity contribution in [3.8, 4) is 0 Å². The first kappa shape index (κ1) is 18.4. The summed E-state index contributed by atoms with van der Waals surface area (Å²) in [5, 5.41) is 0. The van der Waals surface area contributed by atoms with Crippen molar-refractivity contribution < 1.29 is 4.79 Å². The van der Waals surface area contributed by atoms with Crippen LogP contribution in [0.4, 0.5) is 0 Å². The van der Waals surface area contributed by atoms with E-state index >= 15 is 0 Å². The smallest absolute Gasteiger partial charge is 0.250 e. The standard InChI is InChI=1S/C24H34N2O2/c27-22-12-11-21(18-7-3-1-4-8-18)23-20-13-17(15-26(22)23)14-25(16-20)24(28)19-9-5-2-6-10-19/h11-12,17-20H,1-10,13-16H2/t17-,20-/m0/s1. The molecule has 0 aromatic carbocycles. The highest BCUT2D eigenvalue weighted by Gasteiger charge is 2.40. The van der Waals surface area contributed by atoms with Gasteiger partial charge in [-0.3, -0.25) is 9.59 Å². The van der Waals surface area contributed by atoms with Crippen LogP contribution in [0.2, 0.25) is 0 Å². The fourth-order valence-corrected chi connectivity index (χ4v) is 6.59. The van der Waals surface area contributed by atoms with Gasteiger partial charge in [0.2, 0.25) is 5.91 Å². The molecule has 2 aliphatic carbocycles. The van der Waals surface area contributed by atoms with Gasteiger partial charge in [-0.15, -0.1) is 0 Å². The molecule has 1 saturated heterocycles. The van der Waals surface area contributed by atoms with Crippen molar-refractivity contribution >= 4 is 5.91 Å². The van der Waals surface area contributed by atoms with Crippen molar-refractivity contribution in [3.05, 3.63) is 33.7 Å². The first-order chi connectivity index (χ1) is 13.7. The Hall–Kier alpha value is -1.58. The molecule has 2 aliphatic heterocycles. The number of carbonyl (C=O) groups is 1. The van der Waals surface area contributed by atoms with Crippen molar-refractivity contribution in [2.24, 2.45) is 11.8 Å². The number of likely N-dealkylation sites (tertiary alicyclic amines) is 1. The molecule has 5 rings (SSSR count).